The molecule has 5 heteroatoms. The van der Waals surface area contributed by atoms with Gasteiger partial charge in [0, 0.05) is 5.92 Å². The van der Waals surface area contributed by atoms with E-state index in [-0.39, 0.29) is 11.8 Å². The smallest absolute Gasteiger partial charge is 0.228 e. The lowest BCUT2D eigenvalue weighted by molar-refractivity contribution is -0.121. The van der Waals surface area contributed by atoms with E-state index in [1.54, 1.807) is 0 Å². The van der Waals surface area contributed by atoms with Gasteiger partial charge in [0.15, 0.2) is 5.82 Å². The number of halogens is 1. The first-order valence-electron chi connectivity index (χ1n) is 7.47. The van der Waals surface area contributed by atoms with E-state index >= 15 is 0 Å². The Hall–Kier alpha value is -1.16. The van der Waals surface area contributed by atoms with Crippen LogP contribution < -0.4 is 5.32 Å². The third-order valence-electron chi connectivity index (χ3n) is 4.06. The number of carbonyl (C=O) groups excluding carboxylic acids is 1. The lowest BCUT2D eigenvalue weighted by atomic mass is 9.79. The molecule has 110 valence electrons. The molecule has 2 rings (SSSR count). The van der Waals surface area contributed by atoms with Crippen LogP contribution in [0.5, 0.6) is 0 Å². The van der Waals surface area contributed by atoms with Gasteiger partial charge in [0.2, 0.25) is 5.91 Å². The number of nitrogens with one attached hydrogen (secondary N) is 1. The molecule has 0 atom stereocenters. The fourth-order valence-electron chi connectivity index (χ4n) is 2.81. The molecule has 0 aromatic carbocycles. The molecule has 1 saturated carbocycles. The van der Waals surface area contributed by atoms with E-state index in [1.165, 1.54) is 44.5 Å². The average molecular weight is 296 g/mol. The van der Waals surface area contributed by atoms with Gasteiger partial charge in [-0.05, 0) is 31.6 Å². The summed E-state index contributed by atoms with van der Waals surface area (Å²) < 4.78 is 0. The molecule has 1 aliphatic rings. The van der Waals surface area contributed by atoms with Crippen molar-refractivity contribution >= 4 is 23.3 Å². The summed E-state index contributed by atoms with van der Waals surface area (Å²) in [5.74, 6) is 1.47. The standard InChI is InChI=1S/C15H22ClN3O/c1-2-3-4-11-5-7-12(8-6-11)15(20)19-14-10-17-13(16)9-18-14/h9-12H,2-8H2,1H3,(H,18,19,20). The number of nitrogens with zero attached hydrogens (tertiary/aromatic N) is 2. The summed E-state index contributed by atoms with van der Waals surface area (Å²) in [5, 5.41) is 3.16. The summed E-state index contributed by atoms with van der Waals surface area (Å²) in [6, 6.07) is 0. The quantitative estimate of drug-likeness (QED) is 0.891. The van der Waals surface area contributed by atoms with Gasteiger partial charge >= 0.3 is 0 Å². The number of aromatic nitrogens is 2. The van der Waals surface area contributed by atoms with Crippen LogP contribution in [0.15, 0.2) is 12.4 Å². The van der Waals surface area contributed by atoms with Crippen LogP contribution in [-0.4, -0.2) is 15.9 Å². The number of hydrogen-bond donors (Lipinski definition) is 1. The van der Waals surface area contributed by atoms with E-state index < -0.39 is 0 Å². The SMILES string of the molecule is CCCCC1CCC(C(=O)Nc2cnc(Cl)cn2)CC1. The molecule has 20 heavy (non-hydrogen) atoms. The molecule has 1 heterocycles. The Bertz CT molecular complexity index is 427. The predicted octanol–water partition coefficient (Wildman–Crippen LogP) is 4.07. The maximum Gasteiger partial charge on any atom is 0.228 e. The number of anilines is 1. The van der Waals surface area contributed by atoms with Crippen molar-refractivity contribution in [3.8, 4) is 0 Å². The molecule has 0 unspecified atom stereocenters. The largest absolute Gasteiger partial charge is 0.309 e. The second-order valence-corrected chi connectivity index (χ2v) is 5.96. The molecular weight excluding hydrogens is 274 g/mol. The zero-order chi connectivity index (χ0) is 14.4. The van der Waals surface area contributed by atoms with Gasteiger partial charge in [0.1, 0.15) is 5.15 Å². The summed E-state index contributed by atoms with van der Waals surface area (Å²) in [6.45, 7) is 2.23. The zero-order valence-corrected chi connectivity index (χ0v) is 12.7. The molecule has 1 fully saturated rings. The molecule has 0 radical (unpaired) electrons. The van der Waals surface area contributed by atoms with Gasteiger partial charge in [0.05, 0.1) is 12.4 Å². The van der Waals surface area contributed by atoms with Crippen LogP contribution in [0.2, 0.25) is 5.15 Å². The Morgan fingerprint density at radius 1 is 1.30 bits per heavy atom. The Morgan fingerprint density at radius 2 is 2.05 bits per heavy atom. The topological polar surface area (TPSA) is 54.9 Å². The van der Waals surface area contributed by atoms with Crippen molar-refractivity contribution in [2.45, 2.75) is 51.9 Å². The van der Waals surface area contributed by atoms with Gasteiger partial charge in [-0.15, -0.1) is 0 Å². The van der Waals surface area contributed by atoms with Crippen molar-refractivity contribution in [2.24, 2.45) is 11.8 Å². The second-order valence-electron chi connectivity index (χ2n) is 5.57. The van der Waals surface area contributed by atoms with E-state index in [2.05, 4.69) is 22.2 Å². The van der Waals surface area contributed by atoms with Crippen molar-refractivity contribution in [3.63, 3.8) is 0 Å². The summed E-state index contributed by atoms with van der Waals surface area (Å²) in [7, 11) is 0. The maximum absolute atomic E-state index is 12.2. The van der Waals surface area contributed by atoms with Crippen molar-refractivity contribution in [3.05, 3.63) is 17.5 Å². The Morgan fingerprint density at radius 3 is 2.65 bits per heavy atom. The molecule has 0 aliphatic heterocycles. The van der Waals surface area contributed by atoms with Crippen LogP contribution in [0.25, 0.3) is 0 Å². The number of unbranched alkanes of at least 4 members (excludes halogenated alkanes) is 1. The molecule has 1 N–H and O–H groups in total. The molecule has 1 amide bonds. The van der Waals surface area contributed by atoms with Crippen LogP contribution in [0.4, 0.5) is 5.82 Å². The Balaban J connectivity index is 1.78. The zero-order valence-electron chi connectivity index (χ0n) is 11.9. The molecule has 0 spiro atoms. The molecule has 0 saturated heterocycles. The summed E-state index contributed by atoms with van der Waals surface area (Å²) in [4.78, 5) is 20.1. The van der Waals surface area contributed by atoms with Crippen LogP contribution in [0.1, 0.15) is 51.9 Å². The lowest BCUT2D eigenvalue weighted by Crippen LogP contribution is -2.27. The number of carbonyl (C=O) groups is 1. The minimum absolute atomic E-state index is 0.0653. The van der Waals surface area contributed by atoms with E-state index in [0.29, 0.717) is 11.0 Å². The van der Waals surface area contributed by atoms with Crippen LogP contribution in [0.3, 0.4) is 0 Å². The van der Waals surface area contributed by atoms with Crippen molar-refractivity contribution < 1.29 is 4.79 Å². The van der Waals surface area contributed by atoms with Gasteiger partial charge in [-0.1, -0.05) is 37.8 Å². The normalized spacial score (nSPS) is 22.5. The highest BCUT2D eigenvalue weighted by Gasteiger charge is 2.26. The monoisotopic (exact) mass is 295 g/mol. The van der Waals surface area contributed by atoms with Crippen LogP contribution >= 0.6 is 11.6 Å². The summed E-state index contributed by atoms with van der Waals surface area (Å²) >= 11 is 5.67. The summed E-state index contributed by atoms with van der Waals surface area (Å²) in [5.41, 5.74) is 0. The van der Waals surface area contributed by atoms with Gasteiger partial charge < -0.3 is 5.32 Å². The first-order chi connectivity index (χ1) is 9.69. The fourth-order valence-corrected chi connectivity index (χ4v) is 2.91. The fraction of sp³-hybridized carbons (Fsp3) is 0.667. The molecule has 0 bridgehead atoms. The summed E-state index contributed by atoms with van der Waals surface area (Å²) in [6.07, 6.45) is 11.1. The Labute approximate surface area is 125 Å². The van der Waals surface area contributed by atoms with Gasteiger partial charge in [0.25, 0.3) is 0 Å². The molecule has 1 aromatic rings. The number of rotatable bonds is 5. The van der Waals surface area contributed by atoms with Crippen LogP contribution in [0, 0.1) is 11.8 Å². The average Bonchev–Trinajstić information content (AvgIpc) is 2.48. The molecule has 4 nitrogen and oxygen atoms in total. The minimum Gasteiger partial charge on any atom is -0.309 e. The molecule has 1 aliphatic carbocycles. The minimum atomic E-state index is 0.0653. The second kappa shape index (κ2) is 7.58. The third kappa shape index (κ3) is 4.44. The van der Waals surface area contributed by atoms with E-state index in [4.69, 9.17) is 11.6 Å². The first-order valence-corrected chi connectivity index (χ1v) is 7.85. The third-order valence-corrected chi connectivity index (χ3v) is 4.25. The Kier molecular flexibility index (Phi) is 5.77. The van der Waals surface area contributed by atoms with E-state index in [1.807, 2.05) is 0 Å². The van der Waals surface area contributed by atoms with Gasteiger partial charge in [-0.25, -0.2) is 9.97 Å². The number of hydrogen-bond acceptors (Lipinski definition) is 3. The highest BCUT2D eigenvalue weighted by Crippen LogP contribution is 2.32. The van der Waals surface area contributed by atoms with Crippen LogP contribution in [-0.2, 0) is 4.79 Å². The number of amides is 1. The molecular formula is C15H22ClN3O. The highest BCUT2D eigenvalue weighted by molar-refractivity contribution is 6.29. The van der Waals surface area contributed by atoms with E-state index in [0.717, 1.165) is 18.8 Å². The first kappa shape index (κ1) is 15.2. The van der Waals surface area contributed by atoms with E-state index in [9.17, 15) is 4.79 Å². The maximum atomic E-state index is 12.2. The van der Waals surface area contributed by atoms with Crippen molar-refractivity contribution in [1.29, 1.82) is 0 Å². The van der Waals surface area contributed by atoms with Crippen molar-refractivity contribution in [2.75, 3.05) is 5.32 Å². The van der Waals surface area contributed by atoms with Gasteiger partial charge in [-0.3, -0.25) is 4.79 Å². The molecule has 1 aromatic heterocycles. The van der Waals surface area contributed by atoms with Crippen molar-refractivity contribution in [1.82, 2.24) is 9.97 Å². The lowest BCUT2D eigenvalue weighted by Gasteiger charge is -2.27. The highest BCUT2D eigenvalue weighted by atomic mass is 35.5. The predicted molar refractivity (Wildman–Crippen MR) is 80.6 cm³/mol. The van der Waals surface area contributed by atoms with Gasteiger partial charge in [-0.2, -0.15) is 0 Å².